The smallest absolute Gasteiger partial charge is 0.336 e. The van der Waals surface area contributed by atoms with Gasteiger partial charge >= 0.3 is 5.97 Å². The standard InChI is InChI=1S/C10H9BrO2/c1-6(2)9-7(10(12)13)4-3-5-8(9)11/h3-5H,1H2,2H3,(H,12,13). The van der Waals surface area contributed by atoms with Crippen LogP contribution in [0.2, 0.25) is 0 Å². The van der Waals surface area contributed by atoms with Gasteiger partial charge in [-0.3, -0.25) is 0 Å². The molecule has 0 saturated heterocycles. The predicted molar refractivity (Wildman–Crippen MR) is 55.8 cm³/mol. The van der Waals surface area contributed by atoms with Crippen LogP contribution in [0.3, 0.4) is 0 Å². The van der Waals surface area contributed by atoms with Gasteiger partial charge in [0.15, 0.2) is 0 Å². The lowest BCUT2D eigenvalue weighted by atomic mass is 10.0. The van der Waals surface area contributed by atoms with Crippen molar-refractivity contribution in [2.75, 3.05) is 0 Å². The van der Waals surface area contributed by atoms with Crippen LogP contribution in [0, 0.1) is 0 Å². The Morgan fingerprint density at radius 3 is 2.54 bits per heavy atom. The molecule has 0 radical (unpaired) electrons. The highest BCUT2D eigenvalue weighted by Gasteiger charge is 2.12. The fourth-order valence-electron chi connectivity index (χ4n) is 1.14. The van der Waals surface area contributed by atoms with Gasteiger partial charge in [-0.2, -0.15) is 0 Å². The highest BCUT2D eigenvalue weighted by Crippen LogP contribution is 2.26. The van der Waals surface area contributed by atoms with Gasteiger partial charge in [0.1, 0.15) is 0 Å². The zero-order valence-electron chi connectivity index (χ0n) is 7.17. The molecule has 1 N–H and O–H groups in total. The average molecular weight is 241 g/mol. The molecule has 0 aliphatic heterocycles. The minimum Gasteiger partial charge on any atom is -0.478 e. The molecule has 0 spiro atoms. The van der Waals surface area contributed by atoms with E-state index >= 15 is 0 Å². The van der Waals surface area contributed by atoms with Crippen molar-refractivity contribution in [1.82, 2.24) is 0 Å². The van der Waals surface area contributed by atoms with Gasteiger partial charge in [0, 0.05) is 10.0 Å². The lowest BCUT2D eigenvalue weighted by Gasteiger charge is -2.07. The molecule has 1 rings (SSSR count). The third kappa shape index (κ3) is 1.98. The van der Waals surface area contributed by atoms with Crippen molar-refractivity contribution in [3.8, 4) is 0 Å². The van der Waals surface area contributed by atoms with E-state index in [0.717, 1.165) is 10.0 Å². The summed E-state index contributed by atoms with van der Waals surface area (Å²) < 4.78 is 0.764. The second-order valence-corrected chi connectivity index (χ2v) is 3.60. The second-order valence-electron chi connectivity index (χ2n) is 2.75. The van der Waals surface area contributed by atoms with E-state index in [0.29, 0.717) is 5.56 Å². The van der Waals surface area contributed by atoms with E-state index in [1.807, 2.05) is 0 Å². The van der Waals surface area contributed by atoms with E-state index in [2.05, 4.69) is 22.5 Å². The molecule has 1 aromatic carbocycles. The van der Waals surface area contributed by atoms with Crippen LogP contribution in [0.15, 0.2) is 29.3 Å². The number of aromatic carboxylic acids is 1. The third-order valence-corrected chi connectivity index (χ3v) is 2.33. The molecule has 0 bridgehead atoms. The van der Waals surface area contributed by atoms with Gasteiger partial charge in [-0.05, 0) is 24.6 Å². The quantitative estimate of drug-likeness (QED) is 0.863. The number of hydrogen-bond acceptors (Lipinski definition) is 1. The van der Waals surface area contributed by atoms with Crippen molar-refractivity contribution in [3.63, 3.8) is 0 Å². The third-order valence-electron chi connectivity index (χ3n) is 1.67. The molecule has 0 unspecified atom stereocenters. The highest BCUT2D eigenvalue weighted by atomic mass is 79.9. The molecule has 0 amide bonds. The molecule has 68 valence electrons. The van der Waals surface area contributed by atoms with Crippen molar-refractivity contribution in [1.29, 1.82) is 0 Å². The minimum atomic E-state index is -0.931. The first-order chi connectivity index (χ1) is 6.04. The fraction of sp³-hybridized carbons (Fsp3) is 0.100. The Morgan fingerprint density at radius 1 is 1.54 bits per heavy atom. The first-order valence-corrected chi connectivity index (χ1v) is 4.51. The maximum Gasteiger partial charge on any atom is 0.336 e. The summed E-state index contributed by atoms with van der Waals surface area (Å²) in [7, 11) is 0. The Hall–Kier alpha value is -1.09. The Kier molecular flexibility index (Phi) is 2.88. The number of hydrogen-bond donors (Lipinski definition) is 1. The zero-order valence-corrected chi connectivity index (χ0v) is 8.76. The number of carboxylic acid groups (broad SMARTS) is 1. The average Bonchev–Trinajstić information content (AvgIpc) is 2.02. The van der Waals surface area contributed by atoms with Crippen molar-refractivity contribution < 1.29 is 9.90 Å². The van der Waals surface area contributed by atoms with E-state index < -0.39 is 5.97 Å². The van der Waals surface area contributed by atoms with Crippen LogP contribution in [0.25, 0.3) is 5.57 Å². The summed E-state index contributed by atoms with van der Waals surface area (Å²) in [6.45, 7) is 5.52. The highest BCUT2D eigenvalue weighted by molar-refractivity contribution is 9.10. The van der Waals surface area contributed by atoms with E-state index in [1.54, 1.807) is 25.1 Å². The minimum absolute atomic E-state index is 0.280. The summed E-state index contributed by atoms with van der Waals surface area (Å²) in [6.07, 6.45) is 0. The molecule has 0 fully saturated rings. The maximum atomic E-state index is 10.8. The van der Waals surface area contributed by atoms with Crippen molar-refractivity contribution >= 4 is 27.5 Å². The van der Waals surface area contributed by atoms with Crippen LogP contribution in [0.5, 0.6) is 0 Å². The van der Waals surface area contributed by atoms with Crippen LogP contribution in [0.4, 0.5) is 0 Å². The Labute approximate surface area is 85.0 Å². The molecule has 2 nitrogen and oxygen atoms in total. The van der Waals surface area contributed by atoms with Crippen LogP contribution >= 0.6 is 15.9 Å². The number of carbonyl (C=O) groups is 1. The van der Waals surface area contributed by atoms with Crippen LogP contribution in [-0.2, 0) is 0 Å². The van der Waals surface area contributed by atoms with Gasteiger partial charge in [-0.25, -0.2) is 4.79 Å². The van der Waals surface area contributed by atoms with Gasteiger partial charge < -0.3 is 5.11 Å². The summed E-state index contributed by atoms with van der Waals surface area (Å²) in [5.74, 6) is -0.931. The van der Waals surface area contributed by atoms with E-state index in [4.69, 9.17) is 5.11 Å². The largest absolute Gasteiger partial charge is 0.478 e. The van der Waals surface area contributed by atoms with Crippen molar-refractivity contribution in [2.45, 2.75) is 6.92 Å². The molecular formula is C10H9BrO2. The van der Waals surface area contributed by atoms with Crippen molar-refractivity contribution in [3.05, 3.63) is 40.4 Å². The van der Waals surface area contributed by atoms with Crippen LogP contribution < -0.4 is 0 Å². The number of carboxylic acids is 1. The molecule has 0 aromatic heterocycles. The van der Waals surface area contributed by atoms with Gasteiger partial charge in [-0.1, -0.05) is 28.6 Å². The molecule has 1 aromatic rings. The molecule has 0 heterocycles. The summed E-state index contributed by atoms with van der Waals surface area (Å²) in [5.41, 5.74) is 1.68. The van der Waals surface area contributed by atoms with Crippen molar-refractivity contribution in [2.24, 2.45) is 0 Å². The fourth-order valence-corrected chi connectivity index (χ4v) is 1.84. The van der Waals surface area contributed by atoms with E-state index in [-0.39, 0.29) is 5.56 Å². The SMILES string of the molecule is C=C(C)c1c(Br)cccc1C(=O)O. The number of allylic oxidation sites excluding steroid dienone is 1. The maximum absolute atomic E-state index is 10.8. The summed E-state index contributed by atoms with van der Waals surface area (Å²) in [5, 5.41) is 8.88. The summed E-state index contributed by atoms with van der Waals surface area (Å²) in [4.78, 5) is 10.8. The molecule has 0 aliphatic carbocycles. The summed E-state index contributed by atoms with van der Waals surface area (Å²) in [6, 6.07) is 5.06. The van der Waals surface area contributed by atoms with Gasteiger partial charge in [0.2, 0.25) is 0 Å². The first-order valence-electron chi connectivity index (χ1n) is 3.71. The second kappa shape index (κ2) is 3.75. The van der Waals surface area contributed by atoms with E-state index in [1.165, 1.54) is 0 Å². The van der Waals surface area contributed by atoms with E-state index in [9.17, 15) is 4.79 Å². The molecule has 0 atom stereocenters. The lowest BCUT2D eigenvalue weighted by molar-refractivity contribution is 0.0696. The Bertz CT molecular complexity index is 369. The first kappa shape index (κ1) is 9.99. The summed E-state index contributed by atoms with van der Waals surface area (Å²) >= 11 is 3.29. The van der Waals surface area contributed by atoms with Crippen LogP contribution in [-0.4, -0.2) is 11.1 Å². The van der Waals surface area contributed by atoms with Gasteiger partial charge in [0.05, 0.1) is 5.56 Å². The normalized spacial score (nSPS) is 9.69. The Balaban J connectivity index is 3.43. The Morgan fingerprint density at radius 2 is 2.15 bits per heavy atom. The molecule has 3 heteroatoms. The zero-order chi connectivity index (χ0) is 10.0. The predicted octanol–water partition coefficient (Wildman–Crippen LogP) is 3.18. The molecule has 13 heavy (non-hydrogen) atoms. The number of rotatable bonds is 2. The topological polar surface area (TPSA) is 37.3 Å². The molecular weight excluding hydrogens is 232 g/mol. The molecule has 0 aliphatic rings. The van der Waals surface area contributed by atoms with Gasteiger partial charge in [0.25, 0.3) is 0 Å². The van der Waals surface area contributed by atoms with Gasteiger partial charge in [-0.15, -0.1) is 0 Å². The number of benzene rings is 1. The number of halogens is 1. The lowest BCUT2D eigenvalue weighted by Crippen LogP contribution is -2.01. The molecule has 0 saturated carbocycles. The monoisotopic (exact) mass is 240 g/mol. The van der Waals surface area contributed by atoms with Crippen LogP contribution in [0.1, 0.15) is 22.8 Å².